The molecule has 2 aliphatic heterocycles. The number of allylic oxidation sites excluding steroid dienone is 1. The van der Waals surface area contributed by atoms with E-state index in [9.17, 15) is 20.4 Å². The Labute approximate surface area is 270 Å². The van der Waals surface area contributed by atoms with Gasteiger partial charge in [-0.25, -0.2) is 0 Å². The third-order valence-corrected chi connectivity index (χ3v) is 14.7. The third kappa shape index (κ3) is 4.74. The summed E-state index contributed by atoms with van der Waals surface area (Å²) in [5.41, 5.74) is 0.767. The number of aliphatic hydroxyl groups excluding tert-OH is 4. The van der Waals surface area contributed by atoms with Crippen LogP contribution in [0.2, 0.25) is 0 Å². The van der Waals surface area contributed by atoms with Gasteiger partial charge >= 0.3 is 0 Å². The fraction of sp³-hybridized carbons (Fsp3) is 0.892. The molecule has 0 aromatic heterocycles. The topological polar surface area (TPSA) is 118 Å². The van der Waals surface area contributed by atoms with Crippen molar-refractivity contribution >= 4 is 0 Å². The summed E-state index contributed by atoms with van der Waals surface area (Å²) in [6, 6.07) is 0. The smallest absolute Gasteiger partial charge is 0.186 e. The second-order valence-electron chi connectivity index (χ2n) is 17.0. The summed E-state index contributed by atoms with van der Waals surface area (Å²) in [6.07, 6.45) is 7.04. The summed E-state index contributed by atoms with van der Waals surface area (Å²) in [4.78, 5) is 0. The molecule has 6 rings (SSSR count). The Morgan fingerprint density at radius 1 is 1.00 bits per heavy atom. The van der Waals surface area contributed by atoms with Gasteiger partial charge in [0, 0.05) is 23.9 Å². The predicted octanol–water partition coefficient (Wildman–Crippen LogP) is 4.77. The summed E-state index contributed by atoms with van der Waals surface area (Å²) in [5, 5.41) is 41.1. The van der Waals surface area contributed by atoms with Crippen molar-refractivity contribution in [2.24, 2.45) is 45.3 Å². The molecule has 0 aromatic carbocycles. The first-order valence-corrected chi connectivity index (χ1v) is 17.6. The largest absolute Gasteiger partial charge is 0.394 e. The number of fused-ring (bicyclic) bond motifs is 2. The van der Waals surface area contributed by atoms with Gasteiger partial charge in [0.25, 0.3) is 0 Å². The van der Waals surface area contributed by atoms with Crippen LogP contribution in [0, 0.1) is 45.3 Å². The van der Waals surface area contributed by atoms with Gasteiger partial charge in [0.15, 0.2) is 6.29 Å². The lowest BCUT2D eigenvalue weighted by atomic mass is 9.38. The van der Waals surface area contributed by atoms with Crippen LogP contribution >= 0.6 is 0 Å². The first kappa shape index (κ1) is 34.0. The summed E-state index contributed by atoms with van der Waals surface area (Å²) < 4.78 is 25.2. The molecule has 45 heavy (non-hydrogen) atoms. The van der Waals surface area contributed by atoms with E-state index < -0.39 is 48.3 Å². The van der Waals surface area contributed by atoms with E-state index in [2.05, 4.69) is 60.3 Å². The Kier molecular flexibility index (Phi) is 8.81. The predicted molar refractivity (Wildman–Crippen MR) is 171 cm³/mol. The van der Waals surface area contributed by atoms with Crippen LogP contribution in [0.15, 0.2) is 24.3 Å². The highest BCUT2D eigenvalue weighted by Crippen LogP contribution is 2.77. The standard InChI is InChI=1S/C37H60O8/c1-21(2)17-23(42-8)18-22(3)24-11-13-35(7)26-12-14-37-27(36(26,20-43-37)16-15-34(24,35)6)9-10-28(33(37,4)5)45-32-31(41)30(40)29(39)25(19-38)44-32/h12,14,22-32,38-41H,1,9-11,13,15-20H2,2-8H3/t22-,23+,24-,25-,26+,27+,28+,29-,30+,31-,32+,34-,35+,36+,37-/m1/s1. The van der Waals surface area contributed by atoms with Gasteiger partial charge in [-0.05, 0) is 86.9 Å². The molecule has 8 heteroatoms. The van der Waals surface area contributed by atoms with Crippen LogP contribution in [0.1, 0.15) is 92.9 Å². The molecule has 0 unspecified atom stereocenters. The number of hydrogen-bond acceptors (Lipinski definition) is 8. The molecule has 0 amide bonds. The number of aliphatic hydroxyl groups is 4. The molecule has 2 saturated heterocycles. The number of ether oxygens (including phenoxy) is 4. The Morgan fingerprint density at radius 2 is 1.73 bits per heavy atom. The van der Waals surface area contributed by atoms with E-state index in [0.717, 1.165) is 38.7 Å². The van der Waals surface area contributed by atoms with E-state index in [-0.39, 0.29) is 28.5 Å². The van der Waals surface area contributed by atoms with Gasteiger partial charge in [-0.15, -0.1) is 6.58 Å². The summed E-state index contributed by atoms with van der Waals surface area (Å²) in [6.45, 7) is 18.6. The van der Waals surface area contributed by atoms with E-state index in [4.69, 9.17) is 18.9 Å². The summed E-state index contributed by atoms with van der Waals surface area (Å²) in [7, 11) is 1.84. The van der Waals surface area contributed by atoms with Crippen molar-refractivity contribution in [1.82, 2.24) is 0 Å². The Bertz CT molecular complexity index is 1150. The molecule has 1 spiro atoms. The highest BCUT2D eigenvalue weighted by molar-refractivity contribution is 5.33. The minimum Gasteiger partial charge on any atom is -0.394 e. The second kappa shape index (κ2) is 11.6. The van der Waals surface area contributed by atoms with Crippen molar-refractivity contribution in [3.63, 3.8) is 0 Å². The van der Waals surface area contributed by atoms with Crippen LogP contribution in [0.25, 0.3) is 0 Å². The van der Waals surface area contributed by atoms with Crippen LogP contribution in [-0.2, 0) is 18.9 Å². The van der Waals surface area contributed by atoms with Crippen molar-refractivity contribution < 1.29 is 39.4 Å². The van der Waals surface area contributed by atoms with Crippen LogP contribution in [-0.4, -0.2) is 89.3 Å². The molecule has 2 bridgehead atoms. The van der Waals surface area contributed by atoms with Crippen molar-refractivity contribution in [2.75, 3.05) is 20.3 Å². The normalized spacial score (nSPS) is 51.2. The molecule has 3 saturated carbocycles. The van der Waals surface area contributed by atoms with Gasteiger partial charge in [-0.2, -0.15) is 0 Å². The molecule has 5 fully saturated rings. The zero-order valence-electron chi connectivity index (χ0n) is 28.7. The van der Waals surface area contributed by atoms with Gasteiger partial charge < -0.3 is 39.4 Å². The average molecular weight is 633 g/mol. The Balaban J connectivity index is 1.25. The van der Waals surface area contributed by atoms with Crippen molar-refractivity contribution in [1.29, 1.82) is 0 Å². The van der Waals surface area contributed by atoms with Crippen molar-refractivity contribution in [3.05, 3.63) is 24.3 Å². The maximum Gasteiger partial charge on any atom is 0.186 e. The lowest BCUT2D eigenvalue weighted by Crippen LogP contribution is -2.66. The zero-order valence-corrected chi connectivity index (χ0v) is 28.7. The molecule has 4 N–H and O–H groups in total. The van der Waals surface area contributed by atoms with E-state index in [1.165, 1.54) is 24.8 Å². The molecule has 2 heterocycles. The first-order valence-electron chi connectivity index (χ1n) is 17.6. The van der Waals surface area contributed by atoms with Crippen LogP contribution in [0.4, 0.5) is 0 Å². The van der Waals surface area contributed by atoms with Crippen LogP contribution in [0.3, 0.4) is 0 Å². The van der Waals surface area contributed by atoms with Gasteiger partial charge in [0.1, 0.15) is 24.4 Å². The molecule has 6 aliphatic rings. The summed E-state index contributed by atoms with van der Waals surface area (Å²) in [5.74, 6) is 2.06. The minimum absolute atomic E-state index is 0.0849. The highest BCUT2D eigenvalue weighted by Gasteiger charge is 2.75. The average Bonchev–Trinajstić information content (AvgIpc) is 3.39. The molecule has 256 valence electrons. The Morgan fingerprint density at radius 3 is 2.40 bits per heavy atom. The lowest BCUT2D eigenvalue weighted by molar-refractivity contribution is -0.329. The molecule has 0 aromatic rings. The lowest BCUT2D eigenvalue weighted by Gasteiger charge is -2.65. The monoisotopic (exact) mass is 632 g/mol. The molecule has 4 aliphatic carbocycles. The fourth-order valence-electron chi connectivity index (χ4n) is 12.0. The maximum absolute atomic E-state index is 10.7. The maximum atomic E-state index is 10.7. The number of rotatable bonds is 9. The molecular weight excluding hydrogens is 572 g/mol. The zero-order chi connectivity index (χ0) is 32.7. The first-order chi connectivity index (χ1) is 21.1. The van der Waals surface area contributed by atoms with Gasteiger partial charge in [-0.1, -0.05) is 52.3 Å². The van der Waals surface area contributed by atoms with Gasteiger partial charge in [0.2, 0.25) is 0 Å². The summed E-state index contributed by atoms with van der Waals surface area (Å²) >= 11 is 0. The quantitative estimate of drug-likeness (QED) is 0.269. The molecule has 8 nitrogen and oxygen atoms in total. The van der Waals surface area contributed by atoms with Crippen molar-refractivity contribution in [3.8, 4) is 0 Å². The Hall–Kier alpha value is -0.840. The van der Waals surface area contributed by atoms with E-state index in [1.54, 1.807) is 0 Å². The highest BCUT2D eigenvalue weighted by atomic mass is 16.7. The molecule has 0 radical (unpaired) electrons. The molecular formula is C37H60O8. The van der Waals surface area contributed by atoms with Gasteiger partial charge in [-0.3, -0.25) is 0 Å². The van der Waals surface area contributed by atoms with Crippen molar-refractivity contribution in [2.45, 2.75) is 141 Å². The third-order valence-electron chi connectivity index (χ3n) is 14.7. The fourth-order valence-corrected chi connectivity index (χ4v) is 12.0. The van der Waals surface area contributed by atoms with Gasteiger partial charge in [0.05, 0.1) is 31.0 Å². The molecule has 15 atom stereocenters. The van der Waals surface area contributed by atoms with Crippen LogP contribution < -0.4 is 0 Å². The van der Waals surface area contributed by atoms with E-state index >= 15 is 0 Å². The van der Waals surface area contributed by atoms with E-state index in [1.807, 2.05) is 7.11 Å². The second-order valence-corrected chi connectivity index (χ2v) is 17.0. The minimum atomic E-state index is -1.46. The SMILES string of the molecule is C=C(C)C[C@@H](C[C@@H](C)[C@H]1CC[C@@]2(C)[C@@H]3C=C[C@@]45OC[C@]3(CC[C@]12C)[C@@H]4CC[C@H](O[C@@H]1O[C@H](CO)[C@@H](O)[C@H](O)[C@H]1O)C5(C)C)OC. The number of hydrogen-bond donors (Lipinski definition) is 4. The number of methoxy groups -OCH3 is 1. The van der Waals surface area contributed by atoms with E-state index in [0.29, 0.717) is 23.7 Å². The van der Waals surface area contributed by atoms with Crippen LogP contribution in [0.5, 0.6) is 0 Å².